The molecule has 0 aliphatic rings. The number of ether oxygens (including phenoxy) is 1. The Hall–Kier alpha value is -1.32. The summed E-state index contributed by atoms with van der Waals surface area (Å²) >= 11 is 0. The topological polar surface area (TPSA) is 47.0 Å². The average Bonchev–Trinajstić information content (AvgIpc) is 2.48. The number of hydrogen-bond acceptors (Lipinski definition) is 4. The third-order valence-electron chi connectivity index (χ3n) is 3.87. The van der Waals surface area contributed by atoms with Gasteiger partial charge >= 0.3 is 0 Å². The minimum atomic E-state index is 0.294. The standard InChI is InChI=1S/C17H31N3O/c1-7-9-10-14(8-2)11-21-17-13(5)16(18-6)19-15(20-17)12(3)4/h12,14H,7-11H2,1-6H3,(H,18,19,20). The Morgan fingerprint density at radius 1 is 1.19 bits per heavy atom. The Morgan fingerprint density at radius 2 is 1.90 bits per heavy atom. The van der Waals surface area contributed by atoms with Crippen LogP contribution in [0.5, 0.6) is 5.88 Å². The molecule has 120 valence electrons. The van der Waals surface area contributed by atoms with Gasteiger partial charge in [-0.25, -0.2) is 4.98 Å². The molecule has 0 radical (unpaired) electrons. The summed E-state index contributed by atoms with van der Waals surface area (Å²) in [7, 11) is 1.89. The van der Waals surface area contributed by atoms with Gasteiger partial charge in [0.1, 0.15) is 11.6 Å². The molecule has 0 fully saturated rings. The Labute approximate surface area is 129 Å². The van der Waals surface area contributed by atoms with E-state index in [-0.39, 0.29) is 0 Å². The van der Waals surface area contributed by atoms with E-state index in [2.05, 4.69) is 43.0 Å². The second-order valence-corrected chi connectivity index (χ2v) is 5.99. The van der Waals surface area contributed by atoms with Gasteiger partial charge in [0.15, 0.2) is 0 Å². The lowest BCUT2D eigenvalue weighted by atomic mass is 10.0. The molecule has 0 saturated heterocycles. The minimum absolute atomic E-state index is 0.294. The number of unbranched alkanes of at least 4 members (excludes halogenated alkanes) is 1. The van der Waals surface area contributed by atoms with Gasteiger partial charge in [0.25, 0.3) is 0 Å². The van der Waals surface area contributed by atoms with Crippen LogP contribution in [0.2, 0.25) is 0 Å². The highest BCUT2D eigenvalue weighted by Gasteiger charge is 2.15. The van der Waals surface area contributed by atoms with E-state index in [4.69, 9.17) is 4.74 Å². The molecule has 4 nitrogen and oxygen atoms in total. The highest BCUT2D eigenvalue weighted by Crippen LogP contribution is 2.25. The van der Waals surface area contributed by atoms with Gasteiger partial charge in [-0.1, -0.05) is 47.0 Å². The zero-order valence-corrected chi connectivity index (χ0v) is 14.5. The molecule has 0 spiro atoms. The number of hydrogen-bond donors (Lipinski definition) is 1. The molecule has 1 atom stereocenters. The molecule has 1 unspecified atom stereocenters. The normalized spacial score (nSPS) is 12.5. The molecule has 0 aliphatic carbocycles. The van der Waals surface area contributed by atoms with Gasteiger partial charge in [-0.15, -0.1) is 0 Å². The lowest BCUT2D eigenvalue weighted by Gasteiger charge is -2.18. The molecule has 0 aromatic carbocycles. The second-order valence-electron chi connectivity index (χ2n) is 5.99. The maximum Gasteiger partial charge on any atom is 0.221 e. The van der Waals surface area contributed by atoms with E-state index >= 15 is 0 Å². The molecule has 0 bridgehead atoms. The van der Waals surface area contributed by atoms with E-state index in [0.29, 0.717) is 11.8 Å². The van der Waals surface area contributed by atoms with E-state index in [1.165, 1.54) is 19.3 Å². The predicted molar refractivity (Wildman–Crippen MR) is 89.2 cm³/mol. The molecule has 0 saturated carbocycles. The Morgan fingerprint density at radius 3 is 2.43 bits per heavy atom. The summed E-state index contributed by atoms with van der Waals surface area (Å²) in [6.07, 6.45) is 4.89. The van der Waals surface area contributed by atoms with Crippen LogP contribution in [-0.2, 0) is 0 Å². The molecule has 1 aromatic heterocycles. The van der Waals surface area contributed by atoms with Gasteiger partial charge in [0.2, 0.25) is 5.88 Å². The van der Waals surface area contributed by atoms with Crippen LogP contribution in [0.25, 0.3) is 0 Å². The van der Waals surface area contributed by atoms with Crippen molar-refractivity contribution in [2.75, 3.05) is 19.0 Å². The predicted octanol–water partition coefficient (Wildman–Crippen LogP) is 4.55. The van der Waals surface area contributed by atoms with E-state index < -0.39 is 0 Å². The van der Waals surface area contributed by atoms with Crippen molar-refractivity contribution < 1.29 is 4.74 Å². The zero-order chi connectivity index (χ0) is 15.8. The molecule has 0 aliphatic heterocycles. The van der Waals surface area contributed by atoms with Crippen LogP contribution >= 0.6 is 0 Å². The van der Waals surface area contributed by atoms with Crippen LogP contribution in [0.1, 0.15) is 70.7 Å². The third-order valence-corrected chi connectivity index (χ3v) is 3.87. The fourth-order valence-electron chi connectivity index (χ4n) is 2.25. The van der Waals surface area contributed by atoms with Crippen molar-refractivity contribution in [3.63, 3.8) is 0 Å². The first-order valence-corrected chi connectivity index (χ1v) is 8.22. The van der Waals surface area contributed by atoms with Crippen LogP contribution in [-0.4, -0.2) is 23.6 Å². The Bertz CT molecular complexity index is 432. The summed E-state index contributed by atoms with van der Waals surface area (Å²) in [6.45, 7) is 11.4. The Kier molecular flexibility index (Phi) is 7.48. The second kappa shape index (κ2) is 8.85. The summed E-state index contributed by atoms with van der Waals surface area (Å²) in [5.74, 6) is 3.34. The molecule has 1 aromatic rings. The smallest absolute Gasteiger partial charge is 0.221 e. The fourth-order valence-corrected chi connectivity index (χ4v) is 2.25. The molecular weight excluding hydrogens is 262 g/mol. The van der Waals surface area contributed by atoms with Gasteiger partial charge in [-0.3, -0.25) is 0 Å². The van der Waals surface area contributed by atoms with Gasteiger partial charge in [-0.05, 0) is 19.3 Å². The monoisotopic (exact) mass is 293 g/mol. The maximum absolute atomic E-state index is 6.03. The molecule has 4 heteroatoms. The quantitative estimate of drug-likeness (QED) is 0.726. The van der Waals surface area contributed by atoms with Gasteiger partial charge in [0, 0.05) is 13.0 Å². The van der Waals surface area contributed by atoms with Crippen molar-refractivity contribution in [3.05, 3.63) is 11.4 Å². The van der Waals surface area contributed by atoms with Gasteiger partial charge in [0.05, 0.1) is 12.2 Å². The maximum atomic E-state index is 6.03. The summed E-state index contributed by atoms with van der Waals surface area (Å²) in [5.41, 5.74) is 0.993. The lowest BCUT2D eigenvalue weighted by Crippen LogP contribution is -2.14. The fraction of sp³-hybridized carbons (Fsp3) is 0.765. The van der Waals surface area contributed by atoms with Crippen LogP contribution in [0.15, 0.2) is 0 Å². The summed E-state index contributed by atoms with van der Waals surface area (Å²) in [6, 6.07) is 0. The van der Waals surface area contributed by atoms with Crippen LogP contribution in [0, 0.1) is 12.8 Å². The van der Waals surface area contributed by atoms with Crippen molar-refractivity contribution in [3.8, 4) is 5.88 Å². The van der Waals surface area contributed by atoms with Crippen molar-refractivity contribution in [1.82, 2.24) is 9.97 Å². The third kappa shape index (κ3) is 5.18. The van der Waals surface area contributed by atoms with Gasteiger partial charge in [-0.2, -0.15) is 4.98 Å². The highest BCUT2D eigenvalue weighted by molar-refractivity contribution is 5.48. The van der Waals surface area contributed by atoms with Crippen molar-refractivity contribution in [2.45, 2.75) is 66.2 Å². The SMILES string of the molecule is CCCCC(CC)COc1nc(C(C)C)nc(NC)c1C. The van der Waals surface area contributed by atoms with Crippen LogP contribution in [0.4, 0.5) is 5.82 Å². The largest absolute Gasteiger partial charge is 0.477 e. The number of anilines is 1. The molecule has 1 N–H and O–H groups in total. The van der Waals surface area contributed by atoms with Crippen molar-refractivity contribution >= 4 is 5.82 Å². The number of rotatable bonds is 9. The molecular formula is C17H31N3O. The van der Waals surface area contributed by atoms with E-state index in [1.54, 1.807) is 0 Å². The molecule has 0 amide bonds. The van der Waals surface area contributed by atoms with Gasteiger partial charge < -0.3 is 10.1 Å². The minimum Gasteiger partial charge on any atom is -0.477 e. The van der Waals surface area contributed by atoms with Crippen LogP contribution in [0.3, 0.4) is 0 Å². The first-order chi connectivity index (χ1) is 10.0. The lowest BCUT2D eigenvalue weighted by molar-refractivity contribution is 0.223. The molecule has 1 heterocycles. The van der Waals surface area contributed by atoms with E-state index in [0.717, 1.165) is 36.1 Å². The summed E-state index contributed by atoms with van der Waals surface area (Å²) in [5, 5.41) is 3.14. The molecule has 1 rings (SSSR count). The van der Waals surface area contributed by atoms with Crippen LogP contribution < -0.4 is 10.1 Å². The number of nitrogens with zero attached hydrogens (tertiary/aromatic N) is 2. The zero-order valence-electron chi connectivity index (χ0n) is 14.5. The van der Waals surface area contributed by atoms with E-state index in [9.17, 15) is 0 Å². The molecule has 21 heavy (non-hydrogen) atoms. The summed E-state index contributed by atoms with van der Waals surface area (Å²) in [4.78, 5) is 9.14. The highest BCUT2D eigenvalue weighted by atomic mass is 16.5. The van der Waals surface area contributed by atoms with E-state index in [1.807, 2.05) is 14.0 Å². The summed E-state index contributed by atoms with van der Waals surface area (Å²) < 4.78 is 6.03. The first kappa shape index (κ1) is 17.7. The Balaban J connectivity index is 2.83. The number of nitrogens with one attached hydrogen (secondary N) is 1. The van der Waals surface area contributed by atoms with Crippen molar-refractivity contribution in [1.29, 1.82) is 0 Å². The first-order valence-electron chi connectivity index (χ1n) is 8.22. The average molecular weight is 293 g/mol. The van der Waals surface area contributed by atoms with Crippen molar-refractivity contribution in [2.24, 2.45) is 5.92 Å². The number of aromatic nitrogens is 2.